The van der Waals surface area contributed by atoms with Crippen LogP contribution in [0.3, 0.4) is 0 Å². The summed E-state index contributed by atoms with van der Waals surface area (Å²) in [7, 11) is 1.33. The molecule has 0 saturated heterocycles. The smallest absolute Gasteiger partial charge is 0.493 e. The van der Waals surface area contributed by atoms with Crippen molar-refractivity contribution >= 4 is 16.7 Å². The number of benzene rings is 2. The summed E-state index contributed by atoms with van der Waals surface area (Å²) < 4.78 is 104. The van der Waals surface area contributed by atoms with Crippen molar-refractivity contribution in [3.63, 3.8) is 0 Å². The molecule has 0 aliphatic heterocycles. The Labute approximate surface area is 195 Å². The molecule has 2 aromatic carbocycles. The number of aryl methyl sites for hydroxylation is 1. The molecule has 35 heavy (non-hydrogen) atoms. The Bertz CT molecular complexity index is 1200. The molecule has 0 aliphatic carbocycles. The number of hydrogen-bond acceptors (Lipinski definition) is 6. The standard InChI is InChI=1S/C22H20F7N3O3/c1-11(13-6-14(21(24,25)26)8-15(23)7-13)30-20-16-9-19(34-4-5-35-22(27,28)29)18(33-3)10-17(16)31-12(2)32-20/h6-11H,4-5H2,1-3H3,(H,30,31,32)/t11-/m1/s1. The molecular weight excluding hydrogens is 487 g/mol. The molecular formula is C22H20F7N3O3. The number of methoxy groups -OCH3 is 1. The van der Waals surface area contributed by atoms with Gasteiger partial charge >= 0.3 is 12.5 Å². The van der Waals surface area contributed by atoms with Gasteiger partial charge in [-0.25, -0.2) is 14.4 Å². The highest BCUT2D eigenvalue weighted by Gasteiger charge is 2.32. The fraction of sp³-hybridized carbons (Fsp3) is 0.364. The van der Waals surface area contributed by atoms with Crippen molar-refractivity contribution in [1.82, 2.24) is 9.97 Å². The van der Waals surface area contributed by atoms with Crippen LogP contribution in [0.25, 0.3) is 10.9 Å². The van der Waals surface area contributed by atoms with Crippen molar-refractivity contribution in [2.75, 3.05) is 25.6 Å². The summed E-state index contributed by atoms with van der Waals surface area (Å²) in [5.74, 6) is -0.289. The van der Waals surface area contributed by atoms with E-state index in [4.69, 9.17) is 9.47 Å². The third-order valence-electron chi connectivity index (χ3n) is 4.80. The first-order valence-corrected chi connectivity index (χ1v) is 10.1. The first kappa shape index (κ1) is 26.3. The van der Waals surface area contributed by atoms with Crippen LogP contribution in [-0.4, -0.2) is 36.7 Å². The Morgan fingerprint density at radius 1 is 0.943 bits per heavy atom. The average Bonchev–Trinajstić information content (AvgIpc) is 2.74. The minimum Gasteiger partial charge on any atom is -0.493 e. The van der Waals surface area contributed by atoms with E-state index in [9.17, 15) is 30.7 Å². The fourth-order valence-electron chi connectivity index (χ4n) is 3.26. The van der Waals surface area contributed by atoms with Gasteiger partial charge in [0.15, 0.2) is 11.5 Å². The van der Waals surface area contributed by atoms with Crippen LogP contribution in [0.15, 0.2) is 30.3 Å². The van der Waals surface area contributed by atoms with Gasteiger partial charge in [-0.05, 0) is 43.7 Å². The fourth-order valence-corrected chi connectivity index (χ4v) is 3.26. The molecule has 0 bridgehead atoms. The zero-order valence-corrected chi connectivity index (χ0v) is 18.6. The maximum absolute atomic E-state index is 13.9. The second-order valence-corrected chi connectivity index (χ2v) is 7.42. The predicted octanol–water partition coefficient (Wildman–Crippen LogP) is 6.19. The third kappa shape index (κ3) is 6.84. The van der Waals surface area contributed by atoms with Crippen LogP contribution in [0, 0.1) is 12.7 Å². The Morgan fingerprint density at radius 3 is 2.29 bits per heavy atom. The van der Waals surface area contributed by atoms with Crippen LogP contribution in [0.4, 0.5) is 36.6 Å². The van der Waals surface area contributed by atoms with Crippen LogP contribution in [0.5, 0.6) is 11.5 Å². The maximum Gasteiger partial charge on any atom is 0.522 e. The molecule has 0 fully saturated rings. The second kappa shape index (κ2) is 10.1. The van der Waals surface area contributed by atoms with E-state index in [2.05, 4.69) is 20.0 Å². The van der Waals surface area contributed by atoms with E-state index in [1.807, 2.05) is 0 Å². The van der Waals surface area contributed by atoms with E-state index in [-0.39, 0.29) is 22.9 Å². The van der Waals surface area contributed by atoms with Crippen LogP contribution < -0.4 is 14.8 Å². The minimum atomic E-state index is -4.81. The van der Waals surface area contributed by atoms with E-state index in [0.717, 1.165) is 12.1 Å². The van der Waals surface area contributed by atoms with E-state index in [1.54, 1.807) is 6.92 Å². The zero-order valence-electron chi connectivity index (χ0n) is 18.6. The van der Waals surface area contributed by atoms with E-state index in [1.165, 1.54) is 26.2 Å². The highest BCUT2D eigenvalue weighted by Crippen LogP contribution is 2.36. The SMILES string of the molecule is COc1cc2nc(C)nc(N[C@H](C)c3cc(F)cc(C(F)(F)F)c3)c2cc1OCCOC(F)(F)F. The maximum atomic E-state index is 13.9. The molecule has 0 aliphatic rings. The van der Waals surface area contributed by atoms with Crippen molar-refractivity contribution in [2.45, 2.75) is 32.4 Å². The normalized spacial score (nSPS) is 13.1. The second-order valence-electron chi connectivity index (χ2n) is 7.42. The van der Waals surface area contributed by atoms with Crippen molar-refractivity contribution in [3.8, 4) is 11.5 Å². The molecule has 1 N–H and O–H groups in total. The summed E-state index contributed by atoms with van der Waals surface area (Å²) in [4.78, 5) is 8.56. The first-order chi connectivity index (χ1) is 16.3. The lowest BCUT2D eigenvalue weighted by Gasteiger charge is -2.19. The Morgan fingerprint density at radius 2 is 1.66 bits per heavy atom. The van der Waals surface area contributed by atoms with Crippen LogP contribution >= 0.6 is 0 Å². The molecule has 3 rings (SSSR count). The molecule has 0 radical (unpaired) electrons. The van der Waals surface area contributed by atoms with Gasteiger partial charge in [-0.2, -0.15) is 13.2 Å². The van der Waals surface area contributed by atoms with Crippen molar-refractivity contribution < 1.29 is 44.9 Å². The third-order valence-corrected chi connectivity index (χ3v) is 4.80. The number of aromatic nitrogens is 2. The Hall–Kier alpha value is -3.35. The average molecular weight is 507 g/mol. The molecule has 1 atom stereocenters. The minimum absolute atomic E-state index is 0.0241. The summed E-state index contributed by atoms with van der Waals surface area (Å²) in [6, 6.07) is 4.29. The van der Waals surface area contributed by atoms with Gasteiger partial charge in [0, 0.05) is 11.5 Å². The highest BCUT2D eigenvalue weighted by molar-refractivity contribution is 5.92. The number of anilines is 1. The summed E-state index contributed by atoms with van der Waals surface area (Å²) in [6.45, 7) is 1.90. The van der Waals surface area contributed by atoms with Crippen molar-refractivity contribution in [1.29, 1.82) is 0 Å². The van der Waals surface area contributed by atoms with Crippen molar-refractivity contribution in [3.05, 3.63) is 53.1 Å². The lowest BCUT2D eigenvalue weighted by atomic mass is 10.0. The molecule has 0 unspecified atom stereocenters. The van der Waals surface area contributed by atoms with Gasteiger partial charge in [-0.1, -0.05) is 0 Å². The molecule has 0 spiro atoms. The monoisotopic (exact) mass is 507 g/mol. The number of nitrogens with zero attached hydrogens (tertiary/aromatic N) is 2. The Balaban J connectivity index is 1.94. The Kier molecular flexibility index (Phi) is 7.58. The number of ether oxygens (including phenoxy) is 3. The summed E-state index contributed by atoms with van der Waals surface area (Å²) in [5.41, 5.74) is -0.736. The summed E-state index contributed by atoms with van der Waals surface area (Å²) >= 11 is 0. The summed E-state index contributed by atoms with van der Waals surface area (Å²) in [5, 5.41) is 3.29. The van der Waals surface area contributed by atoms with Gasteiger partial charge in [0.2, 0.25) is 0 Å². The van der Waals surface area contributed by atoms with Gasteiger partial charge < -0.3 is 14.8 Å². The molecule has 13 heteroatoms. The molecule has 3 aromatic rings. The number of fused-ring (bicyclic) bond motifs is 1. The number of nitrogens with one attached hydrogen (secondary N) is 1. The van der Waals surface area contributed by atoms with Gasteiger partial charge in [0.05, 0.1) is 30.8 Å². The number of alkyl halides is 6. The topological polar surface area (TPSA) is 65.5 Å². The van der Waals surface area contributed by atoms with E-state index >= 15 is 0 Å². The lowest BCUT2D eigenvalue weighted by molar-refractivity contribution is -0.325. The number of rotatable bonds is 8. The molecule has 6 nitrogen and oxygen atoms in total. The summed E-state index contributed by atoms with van der Waals surface area (Å²) in [6.07, 6.45) is -9.54. The van der Waals surface area contributed by atoms with Gasteiger partial charge in [0.1, 0.15) is 24.1 Å². The van der Waals surface area contributed by atoms with E-state index in [0.29, 0.717) is 22.8 Å². The highest BCUT2D eigenvalue weighted by atomic mass is 19.4. The van der Waals surface area contributed by atoms with Crippen LogP contribution in [0.2, 0.25) is 0 Å². The van der Waals surface area contributed by atoms with Gasteiger partial charge in [-0.15, -0.1) is 13.2 Å². The van der Waals surface area contributed by atoms with E-state index < -0.39 is 43.2 Å². The van der Waals surface area contributed by atoms with Gasteiger partial charge in [0.25, 0.3) is 0 Å². The first-order valence-electron chi connectivity index (χ1n) is 10.1. The molecule has 0 saturated carbocycles. The lowest BCUT2D eigenvalue weighted by Crippen LogP contribution is -2.18. The molecule has 1 heterocycles. The predicted molar refractivity (Wildman–Crippen MR) is 112 cm³/mol. The molecule has 1 aromatic heterocycles. The molecule has 0 amide bonds. The zero-order chi connectivity index (χ0) is 26.0. The van der Waals surface area contributed by atoms with Crippen LogP contribution in [0.1, 0.15) is 29.9 Å². The molecule has 190 valence electrons. The number of halogens is 7. The van der Waals surface area contributed by atoms with Crippen LogP contribution in [-0.2, 0) is 10.9 Å². The van der Waals surface area contributed by atoms with Crippen molar-refractivity contribution in [2.24, 2.45) is 0 Å². The quantitative estimate of drug-likeness (QED) is 0.290. The number of hydrogen-bond donors (Lipinski definition) is 1. The largest absolute Gasteiger partial charge is 0.522 e. The van der Waals surface area contributed by atoms with Gasteiger partial charge in [-0.3, -0.25) is 4.74 Å².